The van der Waals surface area contributed by atoms with E-state index in [2.05, 4.69) is 15.1 Å². The molecule has 124 valence electrons. The fourth-order valence-electron chi connectivity index (χ4n) is 2.61. The first kappa shape index (κ1) is 15.5. The van der Waals surface area contributed by atoms with E-state index >= 15 is 0 Å². The van der Waals surface area contributed by atoms with Gasteiger partial charge in [-0.3, -0.25) is 0 Å². The minimum atomic E-state index is -1.31. The van der Waals surface area contributed by atoms with Crippen LogP contribution in [0, 0.1) is 0 Å². The second-order valence-corrected chi connectivity index (χ2v) is 6.73. The number of methoxy groups -OCH3 is 1. The summed E-state index contributed by atoms with van der Waals surface area (Å²) in [6.07, 6.45) is 4.81. The first-order valence-electron chi connectivity index (χ1n) is 7.56. The average Bonchev–Trinajstić information content (AvgIpc) is 3.12. The minimum Gasteiger partial charge on any atom is -0.495 e. The highest BCUT2D eigenvalue weighted by atomic mass is 32.2. The number of hydrogen-bond acceptors (Lipinski definition) is 5. The van der Waals surface area contributed by atoms with Crippen LogP contribution in [0.4, 0.5) is 0 Å². The number of rotatable bonds is 4. The summed E-state index contributed by atoms with van der Waals surface area (Å²) in [7, 11) is 0.261. The Kier molecular flexibility index (Phi) is 3.99. The predicted molar refractivity (Wildman–Crippen MR) is 93.9 cm³/mol. The molecule has 25 heavy (non-hydrogen) atoms. The second-order valence-electron chi connectivity index (χ2n) is 5.28. The first-order valence-corrected chi connectivity index (χ1v) is 8.71. The fourth-order valence-corrected chi connectivity index (χ4v) is 3.79. The summed E-state index contributed by atoms with van der Waals surface area (Å²) in [5, 5.41) is 4.25. The Bertz CT molecular complexity index is 1060. The lowest BCUT2D eigenvalue weighted by Crippen LogP contribution is -1.97. The molecule has 2 aromatic carbocycles. The van der Waals surface area contributed by atoms with Crippen LogP contribution in [0.1, 0.15) is 0 Å². The molecule has 0 saturated carbocycles. The molecule has 2 aromatic heterocycles. The molecular weight excluding hydrogens is 336 g/mol. The number of ether oxygens (including phenoxy) is 1. The normalized spacial score (nSPS) is 12.2. The van der Waals surface area contributed by atoms with Gasteiger partial charge in [0, 0.05) is 10.5 Å². The van der Waals surface area contributed by atoms with Crippen LogP contribution in [0.3, 0.4) is 0 Å². The van der Waals surface area contributed by atoms with Gasteiger partial charge in [-0.05, 0) is 29.8 Å². The van der Waals surface area contributed by atoms with Crippen molar-refractivity contribution in [1.82, 2.24) is 19.6 Å². The van der Waals surface area contributed by atoms with Crippen LogP contribution >= 0.6 is 0 Å². The molecule has 0 saturated heterocycles. The Morgan fingerprint density at radius 3 is 2.76 bits per heavy atom. The van der Waals surface area contributed by atoms with Gasteiger partial charge in [0.2, 0.25) is 0 Å². The summed E-state index contributed by atoms with van der Waals surface area (Å²) >= 11 is 0. The van der Waals surface area contributed by atoms with Crippen molar-refractivity contribution in [2.24, 2.45) is 0 Å². The molecule has 7 heteroatoms. The van der Waals surface area contributed by atoms with E-state index in [4.69, 9.17) is 4.74 Å². The first-order chi connectivity index (χ1) is 12.3. The van der Waals surface area contributed by atoms with Gasteiger partial charge in [0.25, 0.3) is 0 Å². The van der Waals surface area contributed by atoms with Crippen LogP contribution < -0.4 is 4.74 Å². The molecule has 1 unspecified atom stereocenters. The largest absolute Gasteiger partial charge is 0.495 e. The van der Waals surface area contributed by atoms with E-state index in [9.17, 15) is 4.21 Å². The van der Waals surface area contributed by atoms with Gasteiger partial charge in [0.05, 0.1) is 29.0 Å². The quantitative estimate of drug-likeness (QED) is 0.566. The van der Waals surface area contributed by atoms with Gasteiger partial charge in [-0.1, -0.05) is 24.3 Å². The standard InChI is InChI=1S/C18H14N4O2S/c1-24-16-9-13(15-10-21-22-12-19-11-20-18(15)22)7-8-17(16)25(23)14-5-3-2-4-6-14/h2-12H,1H3. The van der Waals surface area contributed by atoms with Gasteiger partial charge in [0.15, 0.2) is 5.65 Å². The van der Waals surface area contributed by atoms with Crippen LogP contribution in [-0.4, -0.2) is 30.9 Å². The molecule has 0 aliphatic rings. The Morgan fingerprint density at radius 1 is 1.12 bits per heavy atom. The van der Waals surface area contributed by atoms with Gasteiger partial charge in [-0.25, -0.2) is 18.7 Å². The monoisotopic (exact) mass is 350 g/mol. The maximum absolute atomic E-state index is 12.8. The molecule has 4 aromatic rings. The molecule has 4 rings (SSSR count). The van der Waals surface area contributed by atoms with E-state index in [1.807, 2.05) is 48.5 Å². The molecule has 0 amide bonds. The molecule has 2 heterocycles. The van der Waals surface area contributed by atoms with E-state index in [0.717, 1.165) is 16.0 Å². The maximum Gasteiger partial charge on any atom is 0.166 e. The summed E-state index contributed by atoms with van der Waals surface area (Å²) in [5.74, 6) is 0.563. The molecule has 0 spiro atoms. The number of aromatic nitrogens is 4. The lowest BCUT2D eigenvalue weighted by molar-refractivity contribution is 0.404. The highest BCUT2D eigenvalue weighted by Gasteiger charge is 2.16. The Balaban J connectivity index is 1.79. The van der Waals surface area contributed by atoms with Crippen molar-refractivity contribution in [3.8, 4) is 16.9 Å². The third kappa shape index (κ3) is 2.78. The van der Waals surface area contributed by atoms with Crippen LogP contribution in [0.5, 0.6) is 5.75 Å². The topological polar surface area (TPSA) is 69.4 Å². The van der Waals surface area contributed by atoms with E-state index in [1.54, 1.807) is 24.1 Å². The number of benzene rings is 2. The van der Waals surface area contributed by atoms with Crippen molar-refractivity contribution >= 4 is 16.4 Å². The zero-order valence-corrected chi connectivity index (χ0v) is 14.2. The highest BCUT2D eigenvalue weighted by Crippen LogP contribution is 2.32. The zero-order chi connectivity index (χ0) is 17.2. The molecule has 0 radical (unpaired) electrons. The third-order valence-corrected chi connectivity index (χ3v) is 5.26. The fraction of sp³-hybridized carbons (Fsp3) is 0.0556. The second kappa shape index (κ2) is 6.45. The molecule has 0 aliphatic carbocycles. The SMILES string of the molecule is COc1cc(-c2cnn3cncnc23)ccc1S(=O)c1ccccc1. The van der Waals surface area contributed by atoms with Crippen molar-refractivity contribution in [2.45, 2.75) is 9.79 Å². The van der Waals surface area contributed by atoms with Gasteiger partial charge in [-0.2, -0.15) is 5.10 Å². The molecule has 0 bridgehead atoms. The lowest BCUT2D eigenvalue weighted by Gasteiger charge is -2.10. The third-order valence-electron chi connectivity index (χ3n) is 3.82. The molecule has 0 N–H and O–H groups in total. The van der Waals surface area contributed by atoms with Gasteiger partial charge >= 0.3 is 0 Å². The molecule has 6 nitrogen and oxygen atoms in total. The van der Waals surface area contributed by atoms with Crippen molar-refractivity contribution < 1.29 is 8.95 Å². The van der Waals surface area contributed by atoms with Gasteiger partial charge in [-0.15, -0.1) is 0 Å². The Morgan fingerprint density at radius 2 is 1.96 bits per heavy atom. The van der Waals surface area contributed by atoms with Crippen molar-refractivity contribution in [1.29, 1.82) is 0 Å². The maximum atomic E-state index is 12.8. The van der Waals surface area contributed by atoms with E-state index in [0.29, 0.717) is 16.3 Å². The number of nitrogens with zero attached hydrogens (tertiary/aromatic N) is 4. The van der Waals surface area contributed by atoms with Crippen LogP contribution in [0.2, 0.25) is 0 Å². The van der Waals surface area contributed by atoms with Gasteiger partial charge < -0.3 is 4.74 Å². The van der Waals surface area contributed by atoms with Crippen molar-refractivity contribution in [3.63, 3.8) is 0 Å². The van der Waals surface area contributed by atoms with Crippen LogP contribution in [-0.2, 0) is 10.8 Å². The molecule has 0 aliphatic heterocycles. The average molecular weight is 350 g/mol. The predicted octanol–water partition coefficient (Wildman–Crippen LogP) is 2.97. The van der Waals surface area contributed by atoms with E-state index in [-0.39, 0.29) is 0 Å². The van der Waals surface area contributed by atoms with Crippen molar-refractivity contribution in [2.75, 3.05) is 7.11 Å². The smallest absolute Gasteiger partial charge is 0.166 e. The zero-order valence-electron chi connectivity index (χ0n) is 13.4. The minimum absolute atomic E-state index is 0.563. The summed E-state index contributed by atoms with van der Waals surface area (Å²) in [5.41, 5.74) is 2.45. The van der Waals surface area contributed by atoms with E-state index < -0.39 is 10.8 Å². The van der Waals surface area contributed by atoms with Gasteiger partial charge in [0.1, 0.15) is 18.4 Å². The molecular formula is C18H14N4O2S. The number of hydrogen-bond donors (Lipinski definition) is 0. The van der Waals surface area contributed by atoms with E-state index in [1.165, 1.54) is 6.33 Å². The van der Waals surface area contributed by atoms with Crippen LogP contribution in [0.25, 0.3) is 16.8 Å². The number of fused-ring (bicyclic) bond motifs is 1. The van der Waals surface area contributed by atoms with Crippen molar-refractivity contribution in [3.05, 3.63) is 67.4 Å². The summed E-state index contributed by atoms with van der Waals surface area (Å²) in [6.45, 7) is 0. The molecule has 0 fully saturated rings. The summed E-state index contributed by atoms with van der Waals surface area (Å²) < 4.78 is 19.9. The molecule has 1 atom stereocenters. The lowest BCUT2D eigenvalue weighted by atomic mass is 10.1. The Hall–Kier alpha value is -3.06. The summed E-state index contributed by atoms with van der Waals surface area (Å²) in [6, 6.07) is 14.9. The Labute approximate surface area is 146 Å². The highest BCUT2D eigenvalue weighted by molar-refractivity contribution is 7.85. The van der Waals surface area contributed by atoms with Crippen LogP contribution in [0.15, 0.2) is 77.2 Å². The summed E-state index contributed by atoms with van der Waals surface area (Å²) in [4.78, 5) is 9.58.